The van der Waals surface area contributed by atoms with E-state index in [9.17, 15) is 4.79 Å². The molecule has 0 aliphatic rings. The molecule has 14 heavy (non-hydrogen) atoms. The van der Waals surface area contributed by atoms with Crippen molar-refractivity contribution in [2.45, 2.75) is 34.6 Å². The Bertz CT molecular complexity index is 171. The van der Waals surface area contributed by atoms with Crippen molar-refractivity contribution in [2.24, 2.45) is 11.3 Å². The van der Waals surface area contributed by atoms with Crippen LogP contribution < -0.4 is 5.32 Å². The van der Waals surface area contributed by atoms with E-state index >= 15 is 0 Å². The Balaban J connectivity index is 3.42. The van der Waals surface area contributed by atoms with Gasteiger partial charge < -0.3 is 10.1 Å². The van der Waals surface area contributed by atoms with Gasteiger partial charge >= 0.3 is 0 Å². The summed E-state index contributed by atoms with van der Waals surface area (Å²) in [7, 11) is 0. The molecule has 0 bridgehead atoms. The molecular formula is C11H23NO2. The first-order chi connectivity index (χ1) is 6.34. The molecule has 3 nitrogen and oxygen atoms in total. The lowest BCUT2D eigenvalue weighted by atomic mass is 9.96. The first-order valence-electron chi connectivity index (χ1n) is 5.20. The monoisotopic (exact) mass is 201 g/mol. The van der Waals surface area contributed by atoms with E-state index in [1.54, 1.807) is 0 Å². The summed E-state index contributed by atoms with van der Waals surface area (Å²) in [5.41, 5.74) is -0.307. The molecule has 0 saturated carbocycles. The van der Waals surface area contributed by atoms with Crippen molar-refractivity contribution >= 4 is 5.91 Å². The molecule has 1 N–H and O–H groups in total. The van der Waals surface area contributed by atoms with E-state index in [0.717, 1.165) is 6.61 Å². The number of amides is 1. The summed E-state index contributed by atoms with van der Waals surface area (Å²) in [5.74, 6) is 0.624. The van der Waals surface area contributed by atoms with E-state index in [-0.39, 0.29) is 11.3 Å². The number of carbonyl (C=O) groups is 1. The lowest BCUT2D eigenvalue weighted by molar-refractivity contribution is -0.128. The minimum absolute atomic E-state index is 0.0747. The molecule has 0 aromatic rings. The largest absolute Gasteiger partial charge is 0.379 e. The average molecular weight is 201 g/mol. The zero-order valence-corrected chi connectivity index (χ0v) is 10.0. The molecular weight excluding hydrogens is 178 g/mol. The quantitative estimate of drug-likeness (QED) is 0.689. The maximum atomic E-state index is 11.4. The Kier molecular flexibility index (Phi) is 5.77. The van der Waals surface area contributed by atoms with Crippen molar-refractivity contribution in [3.8, 4) is 0 Å². The summed E-state index contributed by atoms with van der Waals surface area (Å²) in [6, 6.07) is 0. The molecule has 0 spiro atoms. The van der Waals surface area contributed by atoms with Crippen molar-refractivity contribution in [1.29, 1.82) is 0 Å². The van der Waals surface area contributed by atoms with E-state index in [2.05, 4.69) is 19.2 Å². The number of hydrogen-bond acceptors (Lipinski definition) is 2. The number of ether oxygens (including phenoxy) is 1. The van der Waals surface area contributed by atoms with Crippen molar-refractivity contribution in [3.63, 3.8) is 0 Å². The number of nitrogens with one attached hydrogen (secondary N) is 1. The molecule has 84 valence electrons. The molecule has 3 heteroatoms. The Morgan fingerprint density at radius 2 is 1.93 bits per heavy atom. The second-order valence-electron chi connectivity index (χ2n) is 4.97. The fraction of sp³-hybridized carbons (Fsp3) is 0.909. The van der Waals surface area contributed by atoms with Crippen molar-refractivity contribution in [2.75, 3.05) is 19.8 Å². The lowest BCUT2D eigenvalue weighted by Crippen LogP contribution is -2.36. The van der Waals surface area contributed by atoms with Crippen molar-refractivity contribution in [3.05, 3.63) is 0 Å². The second-order valence-corrected chi connectivity index (χ2v) is 4.97. The van der Waals surface area contributed by atoms with Gasteiger partial charge in [0.05, 0.1) is 6.61 Å². The topological polar surface area (TPSA) is 38.3 Å². The van der Waals surface area contributed by atoms with Crippen LogP contribution in [0.4, 0.5) is 0 Å². The van der Waals surface area contributed by atoms with Gasteiger partial charge in [-0.15, -0.1) is 0 Å². The average Bonchev–Trinajstić information content (AvgIpc) is 2.01. The Labute approximate surface area is 87.2 Å². The van der Waals surface area contributed by atoms with Crippen LogP contribution in [0.1, 0.15) is 34.6 Å². The van der Waals surface area contributed by atoms with E-state index in [1.165, 1.54) is 0 Å². The molecule has 0 atom stereocenters. The fourth-order valence-corrected chi connectivity index (χ4v) is 0.821. The van der Waals surface area contributed by atoms with Crippen LogP contribution in [0.2, 0.25) is 0 Å². The first-order valence-corrected chi connectivity index (χ1v) is 5.20. The summed E-state index contributed by atoms with van der Waals surface area (Å²) in [4.78, 5) is 11.4. The minimum Gasteiger partial charge on any atom is -0.379 e. The molecule has 0 aromatic carbocycles. The molecule has 0 aliphatic heterocycles. The number of rotatable bonds is 5. The zero-order chi connectivity index (χ0) is 11.2. The van der Waals surface area contributed by atoms with Crippen molar-refractivity contribution < 1.29 is 9.53 Å². The normalized spacial score (nSPS) is 11.9. The van der Waals surface area contributed by atoms with Gasteiger partial charge in [0, 0.05) is 18.6 Å². The van der Waals surface area contributed by atoms with Crippen molar-refractivity contribution in [1.82, 2.24) is 5.32 Å². The van der Waals surface area contributed by atoms with Crippen LogP contribution in [0.25, 0.3) is 0 Å². The standard InChI is InChI=1S/C11H23NO2/c1-9(2)8-14-7-6-12-10(13)11(3,4)5/h9H,6-8H2,1-5H3,(H,12,13). The van der Waals surface area contributed by atoms with Gasteiger partial charge in [-0.2, -0.15) is 0 Å². The summed E-state index contributed by atoms with van der Waals surface area (Å²) < 4.78 is 5.34. The Morgan fingerprint density at radius 1 is 1.36 bits per heavy atom. The number of hydrogen-bond donors (Lipinski definition) is 1. The van der Waals surface area contributed by atoms with Crippen LogP contribution in [0, 0.1) is 11.3 Å². The van der Waals surface area contributed by atoms with E-state index in [0.29, 0.717) is 19.1 Å². The summed E-state index contributed by atoms with van der Waals surface area (Å²) >= 11 is 0. The highest BCUT2D eigenvalue weighted by Crippen LogP contribution is 2.11. The van der Waals surface area contributed by atoms with Gasteiger partial charge in [-0.25, -0.2) is 0 Å². The molecule has 1 amide bonds. The predicted molar refractivity (Wildman–Crippen MR) is 58.1 cm³/mol. The van der Waals surface area contributed by atoms with Gasteiger partial charge in [0.1, 0.15) is 0 Å². The Morgan fingerprint density at radius 3 is 2.36 bits per heavy atom. The highest BCUT2D eigenvalue weighted by atomic mass is 16.5. The highest BCUT2D eigenvalue weighted by Gasteiger charge is 2.20. The fourth-order valence-electron chi connectivity index (χ4n) is 0.821. The molecule has 0 aromatic heterocycles. The minimum atomic E-state index is -0.307. The molecule has 0 radical (unpaired) electrons. The molecule has 0 aliphatic carbocycles. The van der Waals surface area contributed by atoms with Gasteiger partial charge in [0.25, 0.3) is 0 Å². The smallest absolute Gasteiger partial charge is 0.225 e. The van der Waals surface area contributed by atoms with Gasteiger partial charge in [-0.3, -0.25) is 4.79 Å². The van der Waals surface area contributed by atoms with Gasteiger partial charge in [-0.05, 0) is 5.92 Å². The van der Waals surface area contributed by atoms with Gasteiger partial charge in [0.2, 0.25) is 5.91 Å². The van der Waals surface area contributed by atoms with Crippen LogP contribution in [0.15, 0.2) is 0 Å². The van der Waals surface area contributed by atoms with Gasteiger partial charge in [-0.1, -0.05) is 34.6 Å². The van der Waals surface area contributed by atoms with Crippen LogP contribution >= 0.6 is 0 Å². The van der Waals surface area contributed by atoms with Crippen LogP contribution in [0.3, 0.4) is 0 Å². The third-order valence-electron chi connectivity index (χ3n) is 1.66. The molecule has 0 saturated heterocycles. The van der Waals surface area contributed by atoms with E-state index in [4.69, 9.17) is 4.74 Å². The number of carbonyl (C=O) groups excluding carboxylic acids is 1. The Hall–Kier alpha value is -0.570. The summed E-state index contributed by atoms with van der Waals surface area (Å²) in [6.45, 7) is 11.9. The first kappa shape index (κ1) is 13.4. The summed E-state index contributed by atoms with van der Waals surface area (Å²) in [5, 5.41) is 2.83. The predicted octanol–water partition coefficient (Wildman–Crippen LogP) is 1.82. The van der Waals surface area contributed by atoms with Crippen LogP contribution in [-0.4, -0.2) is 25.7 Å². The highest BCUT2D eigenvalue weighted by molar-refractivity contribution is 5.81. The summed E-state index contributed by atoms with van der Waals surface area (Å²) in [6.07, 6.45) is 0. The maximum Gasteiger partial charge on any atom is 0.225 e. The molecule has 0 unspecified atom stereocenters. The van der Waals surface area contributed by atoms with Crippen LogP contribution in [0.5, 0.6) is 0 Å². The van der Waals surface area contributed by atoms with Gasteiger partial charge in [0.15, 0.2) is 0 Å². The van der Waals surface area contributed by atoms with E-state index < -0.39 is 0 Å². The molecule has 0 fully saturated rings. The third-order valence-corrected chi connectivity index (χ3v) is 1.66. The maximum absolute atomic E-state index is 11.4. The third kappa shape index (κ3) is 6.89. The lowest BCUT2D eigenvalue weighted by Gasteiger charge is -2.17. The van der Waals surface area contributed by atoms with E-state index in [1.807, 2.05) is 20.8 Å². The molecule has 0 rings (SSSR count). The van der Waals surface area contributed by atoms with Crippen LogP contribution in [-0.2, 0) is 9.53 Å². The SMILES string of the molecule is CC(C)COCCNC(=O)C(C)(C)C. The second kappa shape index (κ2) is 6.02. The zero-order valence-electron chi connectivity index (χ0n) is 10.0. The molecule has 0 heterocycles.